The second-order valence-electron chi connectivity index (χ2n) is 6.64. The summed E-state index contributed by atoms with van der Waals surface area (Å²) >= 11 is 0. The smallest absolute Gasteiger partial charge is 0.337 e. The molecule has 1 rings (SSSR count). The van der Waals surface area contributed by atoms with Gasteiger partial charge in [0.05, 0.1) is 12.7 Å². The number of phenolic OH excluding ortho intramolecular Hbond substituents is 1. The Bertz CT molecular complexity index is 698. The minimum absolute atomic E-state index is 0.0108. The zero-order chi connectivity index (χ0) is 22.3. The Balaban J connectivity index is 0.000000604. The first-order valence-corrected chi connectivity index (χ1v) is 11.2. The summed E-state index contributed by atoms with van der Waals surface area (Å²) in [5.41, 5.74) is 0.435. The molecular formula is C20H32O8S. The van der Waals surface area contributed by atoms with Crippen LogP contribution in [0.25, 0.3) is 0 Å². The van der Waals surface area contributed by atoms with Crippen molar-refractivity contribution in [3.63, 3.8) is 0 Å². The second-order valence-corrected chi connectivity index (χ2v) is 8.24. The van der Waals surface area contributed by atoms with Crippen LogP contribution in [0, 0.1) is 0 Å². The largest absolute Gasteiger partial charge is 0.508 e. The molecular weight excluding hydrogens is 400 g/mol. The van der Waals surface area contributed by atoms with Gasteiger partial charge in [0, 0.05) is 0 Å². The maximum absolute atomic E-state index is 10.8. The molecule has 0 aliphatic rings. The first-order chi connectivity index (χ1) is 13.6. The van der Waals surface area contributed by atoms with Crippen LogP contribution < -0.4 is 0 Å². The van der Waals surface area contributed by atoms with Gasteiger partial charge in [-0.1, -0.05) is 58.3 Å². The molecule has 1 aromatic carbocycles. The summed E-state index contributed by atoms with van der Waals surface area (Å²) in [4.78, 5) is 21.5. The fraction of sp³-hybridized carbons (Fsp3) is 0.600. The molecule has 29 heavy (non-hydrogen) atoms. The predicted octanol–water partition coefficient (Wildman–Crippen LogP) is 4.04. The van der Waals surface area contributed by atoms with Crippen LogP contribution in [0.15, 0.2) is 24.3 Å². The van der Waals surface area contributed by atoms with E-state index in [4.69, 9.17) is 14.8 Å². The van der Waals surface area contributed by atoms with Crippen LogP contribution in [0.1, 0.15) is 75.1 Å². The van der Waals surface area contributed by atoms with Crippen LogP contribution in [0.3, 0.4) is 0 Å². The number of esters is 1. The standard InChI is InChI=1S/C12H24O5S.C8H8O3/c1-2-3-4-5-6-7-8-9-10-11(12(13)14)18(15,16)17;1-11-8(10)6-2-4-7(9)5-3-6/h11H,2-10H2,1H3,(H,13,14)(H,15,16,17);2-5,9H,1H3. The SMILES string of the molecule is CCCCCCCCCCC(C(=O)O)S(=O)(=O)O.COC(=O)c1ccc(O)cc1. The van der Waals surface area contributed by atoms with Gasteiger partial charge < -0.3 is 14.9 Å². The van der Waals surface area contributed by atoms with Gasteiger partial charge in [-0.05, 0) is 30.7 Å². The van der Waals surface area contributed by atoms with Crippen molar-refractivity contribution >= 4 is 22.1 Å². The molecule has 0 radical (unpaired) electrons. The summed E-state index contributed by atoms with van der Waals surface area (Å²) < 4.78 is 34.8. The number of hydrogen-bond acceptors (Lipinski definition) is 6. The molecule has 0 saturated carbocycles. The molecule has 3 N–H and O–H groups in total. The molecule has 0 aliphatic carbocycles. The van der Waals surface area contributed by atoms with E-state index in [-0.39, 0.29) is 12.2 Å². The number of unbranched alkanes of at least 4 members (excludes halogenated alkanes) is 7. The maximum Gasteiger partial charge on any atom is 0.337 e. The lowest BCUT2D eigenvalue weighted by Crippen LogP contribution is -2.29. The number of carbonyl (C=O) groups is 2. The van der Waals surface area contributed by atoms with Gasteiger partial charge in [0.15, 0.2) is 5.25 Å². The van der Waals surface area contributed by atoms with Crippen LogP contribution in [0.4, 0.5) is 0 Å². The highest BCUT2D eigenvalue weighted by atomic mass is 32.2. The summed E-state index contributed by atoms with van der Waals surface area (Å²) in [5, 5.41) is 15.9. The molecule has 0 bridgehead atoms. The summed E-state index contributed by atoms with van der Waals surface area (Å²) in [5.74, 6) is -1.73. The zero-order valence-electron chi connectivity index (χ0n) is 17.0. The number of methoxy groups -OCH3 is 1. The molecule has 0 spiro atoms. The van der Waals surface area contributed by atoms with Gasteiger partial charge in [-0.25, -0.2) is 4.79 Å². The minimum atomic E-state index is -4.47. The molecule has 0 fully saturated rings. The number of ether oxygens (including phenoxy) is 1. The van der Waals surface area contributed by atoms with Gasteiger partial charge in [0.2, 0.25) is 0 Å². The van der Waals surface area contributed by atoms with E-state index in [1.54, 1.807) is 0 Å². The van der Waals surface area contributed by atoms with Crippen LogP contribution in [0.2, 0.25) is 0 Å². The summed E-state index contributed by atoms with van der Waals surface area (Å²) in [6, 6.07) is 5.88. The normalized spacial score (nSPS) is 11.8. The number of carboxylic acid groups (broad SMARTS) is 1. The van der Waals surface area contributed by atoms with E-state index in [9.17, 15) is 18.0 Å². The monoisotopic (exact) mass is 432 g/mol. The highest BCUT2D eigenvalue weighted by molar-refractivity contribution is 7.87. The van der Waals surface area contributed by atoms with Gasteiger partial charge in [0.1, 0.15) is 5.75 Å². The highest BCUT2D eigenvalue weighted by Gasteiger charge is 2.29. The van der Waals surface area contributed by atoms with E-state index in [1.807, 2.05) is 0 Å². The Morgan fingerprint density at radius 3 is 1.86 bits per heavy atom. The predicted molar refractivity (Wildman–Crippen MR) is 110 cm³/mol. The number of carboxylic acids is 1. The molecule has 0 aromatic heterocycles. The van der Waals surface area contributed by atoms with E-state index >= 15 is 0 Å². The Labute approximate surface area is 172 Å². The third-order valence-electron chi connectivity index (χ3n) is 4.24. The van der Waals surface area contributed by atoms with Gasteiger partial charge in [-0.3, -0.25) is 9.35 Å². The average Bonchev–Trinajstić information content (AvgIpc) is 2.66. The third-order valence-corrected chi connectivity index (χ3v) is 5.40. The number of hydrogen-bond donors (Lipinski definition) is 3. The molecule has 8 nitrogen and oxygen atoms in total. The summed E-state index contributed by atoms with van der Waals surface area (Å²) in [6.45, 7) is 2.15. The van der Waals surface area contributed by atoms with Gasteiger partial charge in [0.25, 0.3) is 10.1 Å². The first kappa shape index (κ1) is 26.9. The van der Waals surface area contributed by atoms with E-state index in [2.05, 4.69) is 11.7 Å². The Morgan fingerprint density at radius 2 is 1.45 bits per heavy atom. The van der Waals surface area contributed by atoms with Gasteiger partial charge >= 0.3 is 11.9 Å². The zero-order valence-corrected chi connectivity index (χ0v) is 17.9. The van der Waals surface area contributed by atoms with E-state index in [1.165, 1.54) is 57.1 Å². The topological polar surface area (TPSA) is 138 Å². The Morgan fingerprint density at radius 1 is 0.966 bits per heavy atom. The maximum atomic E-state index is 10.8. The van der Waals surface area contributed by atoms with Crippen molar-refractivity contribution in [1.29, 1.82) is 0 Å². The fourth-order valence-electron chi connectivity index (χ4n) is 2.58. The first-order valence-electron chi connectivity index (χ1n) is 9.69. The van der Waals surface area contributed by atoms with Crippen molar-refractivity contribution in [2.75, 3.05) is 7.11 Å². The molecule has 1 atom stereocenters. The lowest BCUT2D eigenvalue weighted by atomic mass is 10.1. The number of carbonyl (C=O) groups excluding carboxylic acids is 1. The third kappa shape index (κ3) is 12.8. The molecule has 0 aliphatic heterocycles. The molecule has 0 heterocycles. The van der Waals surface area contributed by atoms with E-state index < -0.39 is 27.3 Å². The van der Waals surface area contributed by atoms with Crippen LogP contribution in [0.5, 0.6) is 5.75 Å². The number of rotatable bonds is 12. The van der Waals surface area contributed by atoms with Gasteiger partial charge in [-0.15, -0.1) is 0 Å². The van der Waals surface area contributed by atoms with Crippen molar-refractivity contribution in [2.45, 2.75) is 70.0 Å². The fourth-order valence-corrected chi connectivity index (χ4v) is 3.30. The number of aliphatic carboxylic acids is 1. The quantitative estimate of drug-likeness (QED) is 0.255. The average molecular weight is 433 g/mol. The highest BCUT2D eigenvalue weighted by Crippen LogP contribution is 2.14. The van der Waals surface area contributed by atoms with E-state index in [0.29, 0.717) is 12.0 Å². The Hall–Kier alpha value is -2.13. The lowest BCUT2D eigenvalue weighted by molar-refractivity contribution is -0.136. The van der Waals surface area contributed by atoms with Gasteiger partial charge in [-0.2, -0.15) is 8.42 Å². The number of phenols is 1. The minimum Gasteiger partial charge on any atom is -0.508 e. The number of aromatic hydroxyl groups is 1. The molecule has 1 unspecified atom stereocenters. The number of benzene rings is 1. The lowest BCUT2D eigenvalue weighted by Gasteiger charge is -2.08. The van der Waals surface area contributed by atoms with Crippen molar-refractivity contribution in [3.05, 3.63) is 29.8 Å². The van der Waals surface area contributed by atoms with E-state index in [0.717, 1.165) is 19.3 Å². The van der Waals surface area contributed by atoms with Crippen molar-refractivity contribution < 1.29 is 37.5 Å². The summed E-state index contributed by atoms with van der Waals surface area (Å²) in [7, 11) is -3.15. The summed E-state index contributed by atoms with van der Waals surface area (Å²) in [6.07, 6.45) is 8.25. The van der Waals surface area contributed by atoms with Crippen molar-refractivity contribution in [1.82, 2.24) is 0 Å². The van der Waals surface area contributed by atoms with Crippen LogP contribution in [-0.2, 0) is 19.6 Å². The second kappa shape index (κ2) is 14.8. The van der Waals surface area contributed by atoms with Crippen molar-refractivity contribution in [2.24, 2.45) is 0 Å². The molecule has 166 valence electrons. The molecule has 0 amide bonds. The van der Waals surface area contributed by atoms with Crippen molar-refractivity contribution in [3.8, 4) is 5.75 Å². The molecule has 9 heteroatoms. The van der Waals surface area contributed by atoms with Crippen LogP contribution in [-0.4, -0.2) is 47.5 Å². The van der Waals surface area contributed by atoms with Crippen LogP contribution >= 0.6 is 0 Å². The Kier molecular flexibility index (Phi) is 13.7. The molecule has 0 saturated heterocycles. The molecule has 1 aromatic rings.